The van der Waals surface area contributed by atoms with Gasteiger partial charge in [0, 0.05) is 17.6 Å². The van der Waals surface area contributed by atoms with Gasteiger partial charge in [0.25, 0.3) is 0 Å². The van der Waals surface area contributed by atoms with Gasteiger partial charge in [-0.25, -0.2) is 0 Å². The molecule has 17 heavy (non-hydrogen) atoms. The minimum atomic E-state index is 0.379. The number of hydrogen-bond acceptors (Lipinski definition) is 4. The van der Waals surface area contributed by atoms with Crippen LogP contribution in [0.1, 0.15) is 11.5 Å². The van der Waals surface area contributed by atoms with E-state index in [1.165, 1.54) is 0 Å². The molecule has 0 spiro atoms. The fraction of sp³-hybridized carbons (Fsp3) is 0.250. The van der Waals surface area contributed by atoms with Crippen molar-refractivity contribution in [2.24, 2.45) is 0 Å². The Morgan fingerprint density at radius 3 is 2.94 bits per heavy atom. The molecule has 90 valence electrons. The number of ether oxygens (including phenoxy) is 2. The fourth-order valence-electron chi connectivity index (χ4n) is 1.35. The standard InChI is InChI=1S/C12H12BrNO3/c1-15-8-12-6-10(14-17-12)7-16-11-4-2-3-9(13)5-11/h2-6H,7-8H2,1H3. The maximum Gasteiger partial charge on any atom is 0.162 e. The monoisotopic (exact) mass is 297 g/mol. The minimum absolute atomic E-state index is 0.379. The largest absolute Gasteiger partial charge is 0.487 e. The Balaban J connectivity index is 1.93. The molecule has 5 heteroatoms. The van der Waals surface area contributed by atoms with E-state index in [2.05, 4.69) is 21.1 Å². The Hall–Kier alpha value is -1.33. The SMILES string of the molecule is COCc1cc(COc2cccc(Br)c2)no1. The first kappa shape index (κ1) is 12.1. The van der Waals surface area contributed by atoms with Crippen molar-refractivity contribution < 1.29 is 14.0 Å². The van der Waals surface area contributed by atoms with Crippen LogP contribution in [0.5, 0.6) is 5.75 Å². The number of halogens is 1. The van der Waals surface area contributed by atoms with Gasteiger partial charge < -0.3 is 14.0 Å². The topological polar surface area (TPSA) is 44.5 Å². The Labute approximate surface area is 108 Å². The lowest BCUT2D eigenvalue weighted by atomic mass is 10.3. The van der Waals surface area contributed by atoms with E-state index in [4.69, 9.17) is 14.0 Å². The normalized spacial score (nSPS) is 10.5. The molecule has 1 aromatic carbocycles. The highest BCUT2D eigenvalue weighted by molar-refractivity contribution is 9.10. The van der Waals surface area contributed by atoms with Crippen LogP contribution in [0.25, 0.3) is 0 Å². The lowest BCUT2D eigenvalue weighted by Gasteiger charge is -2.03. The molecule has 2 rings (SSSR count). The maximum absolute atomic E-state index is 5.57. The van der Waals surface area contributed by atoms with Crippen LogP contribution in [0, 0.1) is 0 Å². The van der Waals surface area contributed by atoms with E-state index in [0.29, 0.717) is 19.0 Å². The van der Waals surface area contributed by atoms with Crippen molar-refractivity contribution in [2.45, 2.75) is 13.2 Å². The molecule has 0 amide bonds. The van der Waals surface area contributed by atoms with Gasteiger partial charge in [-0.3, -0.25) is 0 Å². The Kier molecular flexibility index (Phi) is 4.17. The number of rotatable bonds is 5. The molecule has 0 aliphatic carbocycles. The third-order valence-electron chi connectivity index (χ3n) is 2.08. The van der Waals surface area contributed by atoms with Gasteiger partial charge in [-0.1, -0.05) is 27.2 Å². The molecule has 0 N–H and O–H groups in total. The average Bonchev–Trinajstić information content (AvgIpc) is 2.75. The molecule has 0 bridgehead atoms. The zero-order valence-corrected chi connectivity index (χ0v) is 10.9. The molecule has 0 atom stereocenters. The van der Waals surface area contributed by atoms with Gasteiger partial charge in [-0.2, -0.15) is 0 Å². The van der Waals surface area contributed by atoms with Crippen molar-refractivity contribution in [3.8, 4) is 5.75 Å². The summed E-state index contributed by atoms with van der Waals surface area (Å²) < 4.78 is 16.5. The van der Waals surface area contributed by atoms with Crippen molar-refractivity contribution in [1.29, 1.82) is 0 Å². The second-order valence-corrected chi connectivity index (χ2v) is 4.38. The van der Waals surface area contributed by atoms with Crippen molar-refractivity contribution in [2.75, 3.05) is 7.11 Å². The van der Waals surface area contributed by atoms with Gasteiger partial charge in [0.2, 0.25) is 0 Å². The number of benzene rings is 1. The molecule has 2 aromatic rings. The summed E-state index contributed by atoms with van der Waals surface area (Å²) >= 11 is 3.38. The van der Waals surface area contributed by atoms with Crippen molar-refractivity contribution in [3.63, 3.8) is 0 Å². The number of methoxy groups -OCH3 is 1. The van der Waals surface area contributed by atoms with Crippen LogP contribution in [-0.4, -0.2) is 12.3 Å². The molecule has 0 fully saturated rings. The van der Waals surface area contributed by atoms with Gasteiger partial charge in [-0.15, -0.1) is 0 Å². The average molecular weight is 298 g/mol. The van der Waals surface area contributed by atoms with Crippen LogP contribution in [0.2, 0.25) is 0 Å². The second kappa shape index (κ2) is 5.84. The summed E-state index contributed by atoms with van der Waals surface area (Å²) in [4.78, 5) is 0. The summed E-state index contributed by atoms with van der Waals surface area (Å²) in [6, 6.07) is 9.47. The minimum Gasteiger partial charge on any atom is -0.487 e. The molecule has 1 aromatic heterocycles. The van der Waals surface area contributed by atoms with E-state index in [0.717, 1.165) is 15.9 Å². The van der Waals surface area contributed by atoms with Crippen LogP contribution < -0.4 is 4.74 Å². The Morgan fingerprint density at radius 1 is 1.29 bits per heavy atom. The summed E-state index contributed by atoms with van der Waals surface area (Å²) in [5, 5.41) is 3.88. The zero-order valence-electron chi connectivity index (χ0n) is 9.35. The molecular weight excluding hydrogens is 286 g/mol. The highest BCUT2D eigenvalue weighted by Gasteiger charge is 2.04. The summed E-state index contributed by atoms with van der Waals surface area (Å²) in [5.41, 5.74) is 0.747. The molecule has 0 radical (unpaired) electrons. The summed E-state index contributed by atoms with van der Waals surface area (Å²) in [7, 11) is 1.61. The third-order valence-corrected chi connectivity index (χ3v) is 2.57. The molecule has 4 nitrogen and oxygen atoms in total. The fourth-order valence-corrected chi connectivity index (χ4v) is 1.73. The van der Waals surface area contributed by atoms with Gasteiger partial charge in [0.15, 0.2) is 5.76 Å². The third kappa shape index (κ3) is 3.57. The molecule has 0 saturated heterocycles. The molecule has 0 unspecified atom stereocenters. The molecular formula is C12H12BrNO3. The highest BCUT2D eigenvalue weighted by Crippen LogP contribution is 2.18. The molecule has 1 heterocycles. The number of aromatic nitrogens is 1. The van der Waals surface area contributed by atoms with E-state index in [9.17, 15) is 0 Å². The zero-order chi connectivity index (χ0) is 12.1. The van der Waals surface area contributed by atoms with Gasteiger partial charge in [-0.05, 0) is 18.2 Å². The lowest BCUT2D eigenvalue weighted by Crippen LogP contribution is -1.95. The summed E-state index contributed by atoms with van der Waals surface area (Å²) in [6.45, 7) is 0.799. The highest BCUT2D eigenvalue weighted by atomic mass is 79.9. The van der Waals surface area contributed by atoms with Crippen LogP contribution in [0.15, 0.2) is 39.3 Å². The Morgan fingerprint density at radius 2 is 2.18 bits per heavy atom. The molecule has 0 saturated carbocycles. The lowest BCUT2D eigenvalue weighted by molar-refractivity contribution is 0.155. The van der Waals surface area contributed by atoms with E-state index < -0.39 is 0 Å². The van der Waals surface area contributed by atoms with Crippen molar-refractivity contribution in [1.82, 2.24) is 5.16 Å². The van der Waals surface area contributed by atoms with E-state index in [1.54, 1.807) is 7.11 Å². The smallest absolute Gasteiger partial charge is 0.162 e. The number of hydrogen-bond donors (Lipinski definition) is 0. The van der Waals surface area contributed by atoms with Gasteiger partial charge in [0.1, 0.15) is 24.7 Å². The first-order valence-electron chi connectivity index (χ1n) is 5.09. The first-order chi connectivity index (χ1) is 8.28. The predicted molar refractivity (Wildman–Crippen MR) is 65.7 cm³/mol. The summed E-state index contributed by atoms with van der Waals surface area (Å²) in [5.74, 6) is 1.48. The van der Waals surface area contributed by atoms with Crippen LogP contribution in [0.4, 0.5) is 0 Å². The van der Waals surface area contributed by atoms with E-state index in [-0.39, 0.29) is 0 Å². The Bertz CT molecular complexity index is 484. The van der Waals surface area contributed by atoms with Gasteiger partial charge >= 0.3 is 0 Å². The molecule has 0 aliphatic rings. The van der Waals surface area contributed by atoms with E-state index in [1.807, 2.05) is 30.3 Å². The second-order valence-electron chi connectivity index (χ2n) is 3.46. The maximum atomic E-state index is 5.57. The van der Waals surface area contributed by atoms with Crippen molar-refractivity contribution in [3.05, 3.63) is 46.3 Å². The molecule has 0 aliphatic heterocycles. The van der Waals surface area contributed by atoms with E-state index >= 15 is 0 Å². The van der Waals surface area contributed by atoms with Gasteiger partial charge in [0.05, 0.1) is 0 Å². The summed E-state index contributed by atoms with van der Waals surface area (Å²) in [6.07, 6.45) is 0. The van der Waals surface area contributed by atoms with Crippen LogP contribution >= 0.6 is 15.9 Å². The van der Waals surface area contributed by atoms with Crippen LogP contribution in [-0.2, 0) is 18.0 Å². The predicted octanol–water partition coefficient (Wildman–Crippen LogP) is 3.16. The number of nitrogens with zero attached hydrogens (tertiary/aromatic N) is 1. The first-order valence-corrected chi connectivity index (χ1v) is 5.89. The van der Waals surface area contributed by atoms with Crippen LogP contribution in [0.3, 0.4) is 0 Å². The van der Waals surface area contributed by atoms with Crippen molar-refractivity contribution >= 4 is 15.9 Å². The quantitative estimate of drug-likeness (QED) is 0.850.